The molecule has 1 amide bonds. The monoisotopic (exact) mass is 443 g/mol. The summed E-state index contributed by atoms with van der Waals surface area (Å²) in [7, 11) is 1.60. The molecule has 3 aromatic rings. The summed E-state index contributed by atoms with van der Waals surface area (Å²) in [5.41, 5.74) is 3.42. The fourth-order valence-corrected chi connectivity index (χ4v) is 4.34. The summed E-state index contributed by atoms with van der Waals surface area (Å²) in [4.78, 5) is 25.8. The number of aromatic nitrogens is 2. The number of methoxy groups -OCH3 is 1. The van der Waals surface area contributed by atoms with E-state index in [0.29, 0.717) is 50.6 Å². The fourth-order valence-electron chi connectivity index (χ4n) is 4.34. The first-order valence-corrected chi connectivity index (χ1v) is 11.3. The Balaban J connectivity index is 1.69. The van der Waals surface area contributed by atoms with Gasteiger partial charge in [0.2, 0.25) is 5.91 Å². The average Bonchev–Trinajstić information content (AvgIpc) is 2.86. The number of carbonyl (C=O) groups excluding carboxylic acids is 1. The molecule has 1 aliphatic rings. The first-order valence-electron chi connectivity index (χ1n) is 11.3. The average molecular weight is 444 g/mol. The van der Waals surface area contributed by atoms with Gasteiger partial charge in [0.25, 0.3) is 0 Å². The number of fused-ring (bicyclic) bond motifs is 1. The Morgan fingerprint density at radius 1 is 1.15 bits per heavy atom. The Morgan fingerprint density at radius 3 is 2.61 bits per heavy atom. The van der Waals surface area contributed by atoms with Gasteiger partial charge in [-0.3, -0.25) is 9.78 Å². The van der Waals surface area contributed by atoms with Gasteiger partial charge in [-0.1, -0.05) is 38.1 Å². The number of nitrogens with zero attached hydrogens (tertiary/aromatic N) is 5. The van der Waals surface area contributed by atoms with E-state index in [0.717, 1.165) is 27.6 Å². The van der Waals surface area contributed by atoms with Gasteiger partial charge in [0, 0.05) is 62.2 Å². The van der Waals surface area contributed by atoms with Gasteiger partial charge in [-0.15, -0.1) is 0 Å². The van der Waals surface area contributed by atoms with Crippen molar-refractivity contribution in [2.24, 2.45) is 0 Å². The zero-order chi connectivity index (χ0) is 23.4. The Kier molecular flexibility index (Phi) is 6.85. The highest BCUT2D eigenvalue weighted by Crippen LogP contribution is 2.36. The first-order chi connectivity index (χ1) is 16.0. The van der Waals surface area contributed by atoms with Crippen molar-refractivity contribution in [3.05, 3.63) is 54.0 Å². The van der Waals surface area contributed by atoms with Crippen molar-refractivity contribution in [3.8, 4) is 17.2 Å². The number of ether oxygens (including phenoxy) is 1. The molecule has 4 rings (SSSR count). The van der Waals surface area contributed by atoms with E-state index in [9.17, 15) is 10.1 Å². The minimum absolute atomic E-state index is 0.103. The molecule has 0 spiro atoms. The van der Waals surface area contributed by atoms with Crippen LogP contribution in [0.1, 0.15) is 37.4 Å². The number of hydrogen-bond donors (Lipinski definition) is 0. The van der Waals surface area contributed by atoms with E-state index in [2.05, 4.69) is 35.9 Å². The van der Waals surface area contributed by atoms with Crippen LogP contribution in [0, 0.1) is 11.3 Å². The highest BCUT2D eigenvalue weighted by atomic mass is 16.5. The summed E-state index contributed by atoms with van der Waals surface area (Å²) in [6.07, 6.45) is 4.11. The second-order valence-corrected chi connectivity index (χ2v) is 8.58. The molecule has 33 heavy (non-hydrogen) atoms. The predicted molar refractivity (Wildman–Crippen MR) is 129 cm³/mol. The number of benzene rings is 1. The number of piperazine rings is 1. The smallest absolute Gasteiger partial charge is 0.225 e. The van der Waals surface area contributed by atoms with Gasteiger partial charge >= 0.3 is 0 Å². The third kappa shape index (κ3) is 4.67. The van der Waals surface area contributed by atoms with Crippen LogP contribution in [0.25, 0.3) is 21.9 Å². The van der Waals surface area contributed by atoms with Crippen LogP contribution in [-0.2, 0) is 9.53 Å². The molecule has 0 bridgehead atoms. The van der Waals surface area contributed by atoms with Crippen LogP contribution >= 0.6 is 0 Å². The normalized spacial score (nSPS) is 14.0. The van der Waals surface area contributed by atoms with Crippen LogP contribution in [0.5, 0.6) is 0 Å². The van der Waals surface area contributed by atoms with Gasteiger partial charge in [0.05, 0.1) is 24.3 Å². The molecule has 1 aromatic carbocycles. The fraction of sp³-hybridized carbons (Fsp3) is 0.385. The Labute approximate surface area is 194 Å². The van der Waals surface area contributed by atoms with Gasteiger partial charge in [-0.05, 0) is 17.4 Å². The molecular weight excluding hydrogens is 414 g/mol. The summed E-state index contributed by atoms with van der Waals surface area (Å²) in [6.45, 7) is 7.18. The second kappa shape index (κ2) is 9.97. The second-order valence-electron chi connectivity index (χ2n) is 8.58. The molecule has 3 heterocycles. The molecular formula is C26H29N5O2. The van der Waals surface area contributed by atoms with Gasteiger partial charge in [0.15, 0.2) is 0 Å². The Bertz CT molecular complexity index is 1190. The summed E-state index contributed by atoms with van der Waals surface area (Å²) in [5.74, 6) is 0.969. The van der Waals surface area contributed by atoms with Gasteiger partial charge in [-0.25, -0.2) is 4.98 Å². The van der Waals surface area contributed by atoms with Crippen molar-refractivity contribution in [3.63, 3.8) is 0 Å². The predicted octanol–water partition coefficient (Wildman–Crippen LogP) is 3.98. The summed E-state index contributed by atoms with van der Waals surface area (Å²) >= 11 is 0. The van der Waals surface area contributed by atoms with Gasteiger partial charge in [0.1, 0.15) is 11.9 Å². The van der Waals surface area contributed by atoms with E-state index in [1.807, 2.05) is 41.6 Å². The maximum Gasteiger partial charge on any atom is 0.225 e. The maximum atomic E-state index is 12.3. The topological polar surface area (TPSA) is 82.3 Å². The van der Waals surface area contributed by atoms with Crippen LogP contribution in [0.4, 0.5) is 5.82 Å². The van der Waals surface area contributed by atoms with Crippen molar-refractivity contribution >= 4 is 22.5 Å². The minimum Gasteiger partial charge on any atom is -0.384 e. The Morgan fingerprint density at radius 2 is 1.91 bits per heavy atom. The molecule has 7 nitrogen and oxygen atoms in total. The van der Waals surface area contributed by atoms with E-state index in [4.69, 9.17) is 9.72 Å². The molecule has 0 unspecified atom stereocenters. The number of hydrogen-bond acceptors (Lipinski definition) is 6. The molecule has 0 N–H and O–H groups in total. The molecule has 1 fully saturated rings. The SMILES string of the molecule is COCCC(=O)N1CCN(c2nc(C(C)C)c(-c3cncc4ccccc34)cc2C#N)CC1. The van der Waals surface area contributed by atoms with Crippen molar-refractivity contribution in [1.29, 1.82) is 5.26 Å². The maximum absolute atomic E-state index is 12.3. The standard InChI is InChI=1S/C26H29N5O2/c1-18(2)25-22(23-17-28-16-19-6-4-5-7-21(19)23)14-20(15-27)26(29-25)31-11-9-30(10-12-31)24(32)8-13-33-3/h4-7,14,16-18H,8-13H2,1-3H3. The van der Waals surface area contributed by atoms with E-state index >= 15 is 0 Å². The molecule has 0 aliphatic carbocycles. The summed E-state index contributed by atoms with van der Waals surface area (Å²) in [6, 6.07) is 12.4. The Hall–Kier alpha value is -3.50. The van der Waals surface area contributed by atoms with E-state index in [1.165, 1.54) is 0 Å². The van der Waals surface area contributed by atoms with Crippen molar-refractivity contribution in [2.75, 3.05) is 44.8 Å². The summed E-state index contributed by atoms with van der Waals surface area (Å²) < 4.78 is 5.03. The third-order valence-electron chi connectivity index (χ3n) is 6.11. The van der Waals surface area contributed by atoms with Gasteiger partial charge in [-0.2, -0.15) is 5.26 Å². The van der Waals surface area contributed by atoms with Gasteiger partial charge < -0.3 is 14.5 Å². The number of carbonyl (C=O) groups is 1. The van der Waals surface area contributed by atoms with Crippen LogP contribution in [0.15, 0.2) is 42.7 Å². The molecule has 2 aromatic heterocycles. The van der Waals surface area contributed by atoms with Crippen LogP contribution in [0.3, 0.4) is 0 Å². The number of anilines is 1. The molecule has 0 saturated carbocycles. The van der Waals surface area contributed by atoms with E-state index in [-0.39, 0.29) is 11.8 Å². The van der Waals surface area contributed by atoms with Crippen molar-refractivity contribution < 1.29 is 9.53 Å². The van der Waals surface area contributed by atoms with Crippen LogP contribution in [0.2, 0.25) is 0 Å². The van der Waals surface area contributed by atoms with Crippen molar-refractivity contribution in [2.45, 2.75) is 26.2 Å². The number of rotatable bonds is 6. The molecule has 0 radical (unpaired) electrons. The zero-order valence-corrected chi connectivity index (χ0v) is 19.4. The third-order valence-corrected chi connectivity index (χ3v) is 6.11. The lowest BCUT2D eigenvalue weighted by Crippen LogP contribution is -2.49. The molecule has 1 saturated heterocycles. The lowest BCUT2D eigenvalue weighted by Gasteiger charge is -2.36. The number of nitriles is 1. The van der Waals surface area contributed by atoms with Crippen LogP contribution in [-0.4, -0.2) is 60.7 Å². The molecule has 7 heteroatoms. The minimum atomic E-state index is 0.103. The first kappa shape index (κ1) is 22.7. The van der Waals surface area contributed by atoms with E-state index < -0.39 is 0 Å². The summed E-state index contributed by atoms with van der Waals surface area (Å²) in [5, 5.41) is 12.1. The quantitative estimate of drug-likeness (QED) is 0.573. The highest BCUT2D eigenvalue weighted by molar-refractivity contribution is 5.96. The molecule has 170 valence electrons. The molecule has 0 atom stereocenters. The largest absolute Gasteiger partial charge is 0.384 e. The van der Waals surface area contributed by atoms with Crippen LogP contribution < -0.4 is 4.90 Å². The number of pyridine rings is 2. The molecule has 1 aliphatic heterocycles. The lowest BCUT2D eigenvalue weighted by molar-refractivity contribution is -0.132. The van der Waals surface area contributed by atoms with E-state index in [1.54, 1.807) is 7.11 Å². The number of amides is 1. The highest BCUT2D eigenvalue weighted by Gasteiger charge is 2.25. The zero-order valence-electron chi connectivity index (χ0n) is 19.4. The van der Waals surface area contributed by atoms with Crippen molar-refractivity contribution in [1.82, 2.24) is 14.9 Å². The lowest BCUT2D eigenvalue weighted by atomic mass is 9.94.